The maximum absolute atomic E-state index is 14.0. The summed E-state index contributed by atoms with van der Waals surface area (Å²) in [6.07, 6.45) is 2.04. The third kappa shape index (κ3) is 2.64. The molecule has 1 aromatic carbocycles. The van der Waals surface area contributed by atoms with E-state index < -0.39 is 17.8 Å². The first-order valence-corrected chi connectivity index (χ1v) is 6.68. The Morgan fingerprint density at radius 3 is 3.00 bits per heavy atom. The number of nitrogens with zero attached hydrogens (tertiary/aromatic N) is 1. The van der Waals surface area contributed by atoms with Crippen molar-refractivity contribution in [3.63, 3.8) is 0 Å². The van der Waals surface area contributed by atoms with Crippen LogP contribution in [0.1, 0.15) is 19.8 Å². The van der Waals surface area contributed by atoms with Gasteiger partial charge in [0.15, 0.2) is 0 Å². The first-order chi connectivity index (χ1) is 10.0. The summed E-state index contributed by atoms with van der Waals surface area (Å²) in [6, 6.07) is 2.41. The highest BCUT2D eigenvalue weighted by Crippen LogP contribution is 2.23. The second-order valence-corrected chi connectivity index (χ2v) is 5.08. The number of fused-ring (bicyclic) bond motifs is 1. The maximum Gasteiger partial charge on any atom is 0.258 e. The number of carbonyl (C=O) groups excluding carboxylic acids is 1. The zero-order chi connectivity index (χ0) is 15.0. The number of benzene rings is 1. The lowest BCUT2D eigenvalue weighted by molar-refractivity contribution is -0.126. The number of halogens is 1. The molecular weight excluding hydrogens is 277 g/mol. The van der Waals surface area contributed by atoms with Crippen LogP contribution in [0, 0.1) is 5.82 Å². The maximum atomic E-state index is 14.0. The minimum absolute atomic E-state index is 0.0224. The fourth-order valence-corrected chi connectivity index (χ4v) is 2.39. The van der Waals surface area contributed by atoms with E-state index in [4.69, 9.17) is 4.74 Å². The predicted molar refractivity (Wildman–Crippen MR) is 74.5 cm³/mol. The lowest BCUT2D eigenvalue weighted by atomic mass is 10.1. The van der Waals surface area contributed by atoms with Crippen molar-refractivity contribution in [2.24, 2.45) is 0 Å². The van der Waals surface area contributed by atoms with Crippen LogP contribution >= 0.6 is 0 Å². The summed E-state index contributed by atoms with van der Waals surface area (Å²) in [5.74, 6) is -1.04. The number of hydrogen-bond donors (Lipinski definition) is 2. The molecule has 0 bridgehead atoms. The molecule has 1 aliphatic heterocycles. The summed E-state index contributed by atoms with van der Waals surface area (Å²) >= 11 is 0. The molecule has 1 amide bonds. The van der Waals surface area contributed by atoms with Gasteiger partial charge in [0.1, 0.15) is 11.9 Å². The Hall–Kier alpha value is -2.28. The monoisotopic (exact) mass is 291 g/mol. The van der Waals surface area contributed by atoms with E-state index in [1.807, 2.05) is 6.92 Å². The zero-order valence-corrected chi connectivity index (χ0v) is 11.4. The number of hydrogen-bond acceptors (Lipinski definition) is 4. The van der Waals surface area contributed by atoms with Gasteiger partial charge in [0.05, 0.1) is 29.0 Å². The number of carbonyl (C=O) groups is 1. The average molecular weight is 291 g/mol. The van der Waals surface area contributed by atoms with E-state index in [0.717, 1.165) is 12.5 Å². The van der Waals surface area contributed by atoms with Crippen LogP contribution in [0.15, 0.2) is 23.3 Å². The predicted octanol–water partition coefficient (Wildman–Crippen LogP) is 1.57. The van der Waals surface area contributed by atoms with Crippen LogP contribution < -0.4 is 10.9 Å². The molecule has 6 nitrogen and oxygen atoms in total. The first-order valence-electron chi connectivity index (χ1n) is 6.68. The van der Waals surface area contributed by atoms with E-state index in [2.05, 4.69) is 15.3 Å². The summed E-state index contributed by atoms with van der Waals surface area (Å²) in [5, 5.41) is 2.69. The normalized spacial score (nSPS) is 21.6. The van der Waals surface area contributed by atoms with Crippen LogP contribution in [0.2, 0.25) is 0 Å². The van der Waals surface area contributed by atoms with E-state index in [1.54, 1.807) is 0 Å². The van der Waals surface area contributed by atoms with Gasteiger partial charge in [-0.1, -0.05) is 0 Å². The number of aromatic nitrogens is 2. The van der Waals surface area contributed by atoms with Gasteiger partial charge in [-0.15, -0.1) is 0 Å². The summed E-state index contributed by atoms with van der Waals surface area (Å²) < 4.78 is 19.4. The molecule has 110 valence electrons. The molecule has 2 atom stereocenters. The van der Waals surface area contributed by atoms with Crippen molar-refractivity contribution in [2.45, 2.75) is 32.0 Å². The second-order valence-electron chi connectivity index (χ2n) is 5.08. The van der Waals surface area contributed by atoms with Crippen molar-refractivity contribution in [3.05, 3.63) is 34.6 Å². The summed E-state index contributed by atoms with van der Waals surface area (Å²) in [5.41, 5.74) is -0.199. The molecular formula is C14H14FN3O3. The van der Waals surface area contributed by atoms with Crippen LogP contribution in [-0.2, 0) is 9.53 Å². The van der Waals surface area contributed by atoms with Crippen LogP contribution in [0.3, 0.4) is 0 Å². The number of ether oxygens (including phenoxy) is 1. The fourth-order valence-electron chi connectivity index (χ4n) is 2.39. The van der Waals surface area contributed by atoms with Gasteiger partial charge in [0.25, 0.3) is 11.5 Å². The third-order valence-corrected chi connectivity index (χ3v) is 3.51. The molecule has 3 rings (SSSR count). The number of aromatic amines is 1. The highest BCUT2D eigenvalue weighted by atomic mass is 19.1. The Morgan fingerprint density at radius 1 is 1.48 bits per heavy atom. The Morgan fingerprint density at radius 2 is 2.29 bits per heavy atom. The van der Waals surface area contributed by atoms with E-state index in [0.29, 0.717) is 6.42 Å². The van der Waals surface area contributed by atoms with E-state index in [1.165, 1.54) is 12.4 Å². The van der Waals surface area contributed by atoms with Crippen molar-refractivity contribution in [2.75, 3.05) is 5.32 Å². The lowest BCUT2D eigenvalue weighted by Crippen LogP contribution is -2.28. The molecule has 1 saturated heterocycles. The molecule has 1 fully saturated rings. The van der Waals surface area contributed by atoms with Gasteiger partial charge < -0.3 is 15.0 Å². The molecule has 2 heterocycles. The molecule has 1 aliphatic rings. The highest BCUT2D eigenvalue weighted by molar-refractivity contribution is 5.96. The number of nitrogens with one attached hydrogen (secondary N) is 2. The minimum Gasteiger partial charge on any atom is -0.365 e. The summed E-state index contributed by atoms with van der Waals surface area (Å²) in [4.78, 5) is 30.0. The molecule has 0 unspecified atom stereocenters. The average Bonchev–Trinajstić information content (AvgIpc) is 2.87. The van der Waals surface area contributed by atoms with Crippen LogP contribution in [-0.4, -0.2) is 28.1 Å². The van der Waals surface area contributed by atoms with Crippen molar-refractivity contribution < 1.29 is 13.9 Å². The van der Waals surface area contributed by atoms with Crippen molar-refractivity contribution in [3.8, 4) is 0 Å². The molecule has 2 N–H and O–H groups in total. The lowest BCUT2D eigenvalue weighted by Gasteiger charge is -2.12. The van der Waals surface area contributed by atoms with Crippen LogP contribution in [0.5, 0.6) is 0 Å². The van der Waals surface area contributed by atoms with E-state index >= 15 is 0 Å². The molecule has 7 heteroatoms. The summed E-state index contributed by atoms with van der Waals surface area (Å²) in [6.45, 7) is 1.88. The van der Waals surface area contributed by atoms with E-state index in [9.17, 15) is 14.0 Å². The molecule has 0 aliphatic carbocycles. The Labute approximate surface area is 119 Å². The van der Waals surface area contributed by atoms with E-state index in [-0.39, 0.29) is 28.3 Å². The highest BCUT2D eigenvalue weighted by Gasteiger charge is 2.28. The van der Waals surface area contributed by atoms with Gasteiger partial charge in [-0.2, -0.15) is 0 Å². The van der Waals surface area contributed by atoms with Crippen molar-refractivity contribution in [1.29, 1.82) is 0 Å². The quantitative estimate of drug-likeness (QED) is 0.879. The Kier molecular flexibility index (Phi) is 3.42. The smallest absolute Gasteiger partial charge is 0.258 e. The van der Waals surface area contributed by atoms with Crippen molar-refractivity contribution >= 4 is 22.5 Å². The Bertz CT molecular complexity index is 759. The molecule has 0 saturated carbocycles. The van der Waals surface area contributed by atoms with Gasteiger partial charge in [0.2, 0.25) is 0 Å². The van der Waals surface area contributed by atoms with Gasteiger partial charge in [-0.25, -0.2) is 9.37 Å². The molecule has 0 spiro atoms. The largest absolute Gasteiger partial charge is 0.365 e. The number of rotatable bonds is 2. The first kappa shape index (κ1) is 13.7. The SMILES string of the molecule is C[C@H]1CC[C@@H](C(=O)Nc2cc3c(=O)[nH]cnc3cc2F)O1. The molecule has 21 heavy (non-hydrogen) atoms. The fraction of sp³-hybridized carbons (Fsp3) is 0.357. The van der Waals surface area contributed by atoms with Gasteiger partial charge in [0, 0.05) is 6.07 Å². The second kappa shape index (κ2) is 5.25. The molecule has 0 radical (unpaired) electrons. The van der Waals surface area contributed by atoms with Crippen LogP contribution in [0.25, 0.3) is 10.9 Å². The van der Waals surface area contributed by atoms with Gasteiger partial charge in [-0.3, -0.25) is 9.59 Å². The topological polar surface area (TPSA) is 84.1 Å². The van der Waals surface area contributed by atoms with Crippen LogP contribution in [0.4, 0.5) is 10.1 Å². The number of H-pyrrole nitrogens is 1. The standard InChI is InChI=1S/C14H14FN3O3/c1-7-2-3-12(21-7)14(20)18-11-4-8-10(5-9(11)15)16-6-17-13(8)19/h4-7,12H,2-3H2,1H3,(H,18,20)(H,16,17,19)/t7-,12-/m0/s1. The third-order valence-electron chi connectivity index (χ3n) is 3.51. The minimum atomic E-state index is -0.639. The number of anilines is 1. The molecule has 2 aromatic rings. The zero-order valence-electron chi connectivity index (χ0n) is 11.4. The number of amides is 1. The molecule has 1 aromatic heterocycles. The van der Waals surface area contributed by atoms with Gasteiger partial charge in [-0.05, 0) is 25.8 Å². The van der Waals surface area contributed by atoms with Crippen molar-refractivity contribution in [1.82, 2.24) is 9.97 Å². The Balaban J connectivity index is 1.90. The summed E-state index contributed by atoms with van der Waals surface area (Å²) in [7, 11) is 0. The van der Waals surface area contributed by atoms with Gasteiger partial charge >= 0.3 is 0 Å².